The molecule has 0 aliphatic heterocycles. The van der Waals surface area contributed by atoms with Gasteiger partial charge in [0.15, 0.2) is 5.69 Å². The fourth-order valence-electron chi connectivity index (χ4n) is 4.91. The predicted molar refractivity (Wildman–Crippen MR) is 146 cm³/mol. The van der Waals surface area contributed by atoms with Crippen LogP contribution in [0.25, 0.3) is 16.9 Å². The van der Waals surface area contributed by atoms with Gasteiger partial charge in [-0.2, -0.15) is 5.10 Å². The Hall–Kier alpha value is -4.05. The molecular weight excluding hydrogens is 524 g/mol. The maximum absolute atomic E-state index is 13.6. The number of rotatable bonds is 10. The van der Waals surface area contributed by atoms with Gasteiger partial charge in [-0.1, -0.05) is 36.9 Å². The highest BCUT2D eigenvalue weighted by Crippen LogP contribution is 2.39. The van der Waals surface area contributed by atoms with Crippen molar-refractivity contribution in [3.05, 3.63) is 59.2 Å². The Bertz CT molecular complexity index is 1310. The van der Waals surface area contributed by atoms with E-state index < -0.39 is 30.4 Å². The van der Waals surface area contributed by atoms with E-state index in [1.165, 1.54) is 0 Å². The molecule has 10 nitrogen and oxygen atoms in total. The zero-order valence-corrected chi connectivity index (χ0v) is 22.5. The summed E-state index contributed by atoms with van der Waals surface area (Å²) in [5, 5.41) is 19.4. The van der Waals surface area contributed by atoms with Crippen LogP contribution in [-0.2, 0) is 9.59 Å². The van der Waals surface area contributed by atoms with Crippen LogP contribution in [0, 0.1) is 5.92 Å². The molecular formula is C28H31ClN4O6. The summed E-state index contributed by atoms with van der Waals surface area (Å²) in [7, 11) is 3.08. The molecule has 2 amide bonds. The van der Waals surface area contributed by atoms with Gasteiger partial charge < -0.3 is 25.2 Å². The van der Waals surface area contributed by atoms with Gasteiger partial charge in [0.2, 0.25) is 5.91 Å². The van der Waals surface area contributed by atoms with Gasteiger partial charge in [-0.15, -0.1) is 0 Å². The number of methoxy groups -OCH3 is 2. The number of carboxylic acids is 1. The van der Waals surface area contributed by atoms with E-state index >= 15 is 0 Å². The van der Waals surface area contributed by atoms with Crippen LogP contribution in [0.1, 0.15) is 42.6 Å². The molecule has 1 fully saturated rings. The molecule has 1 unspecified atom stereocenters. The van der Waals surface area contributed by atoms with Crippen molar-refractivity contribution in [3.63, 3.8) is 0 Å². The second kappa shape index (κ2) is 12.7. The van der Waals surface area contributed by atoms with E-state index in [0.717, 1.165) is 32.1 Å². The lowest BCUT2D eigenvalue weighted by molar-refractivity contribution is -0.138. The van der Waals surface area contributed by atoms with Gasteiger partial charge in [-0.25, -0.2) is 4.68 Å². The molecule has 0 spiro atoms. The van der Waals surface area contributed by atoms with Crippen LogP contribution in [0.5, 0.6) is 11.5 Å². The Labute approximate surface area is 231 Å². The van der Waals surface area contributed by atoms with E-state index in [1.807, 2.05) is 0 Å². The first kappa shape index (κ1) is 28.0. The standard InChI is InChI=1S/C28H31ClN4O6/c1-38-22-9-6-10-23(39-2)25(22)21-15-20(32-33(21)19-13-11-18(29)12-14-19)27(36)31-26(17-7-4-3-5-8-17)28(37)30-16-24(34)35/h6,9-15,17,26H,3-5,7-8,16H2,1-2H3,(H,30,37)(H,31,36)(H,34,35). The third-order valence-electron chi connectivity index (χ3n) is 6.80. The maximum atomic E-state index is 13.6. The van der Waals surface area contributed by atoms with Gasteiger partial charge in [0.1, 0.15) is 24.1 Å². The number of benzene rings is 2. The number of hydrogen-bond acceptors (Lipinski definition) is 6. The molecule has 3 aromatic rings. The van der Waals surface area contributed by atoms with Gasteiger partial charge >= 0.3 is 5.97 Å². The quantitative estimate of drug-likeness (QED) is 0.344. The number of nitrogens with one attached hydrogen (secondary N) is 2. The first-order valence-electron chi connectivity index (χ1n) is 12.7. The van der Waals surface area contributed by atoms with Crippen molar-refractivity contribution in [2.75, 3.05) is 20.8 Å². The molecule has 0 radical (unpaired) electrons. The fourth-order valence-corrected chi connectivity index (χ4v) is 5.03. The van der Waals surface area contributed by atoms with Crippen LogP contribution in [0.4, 0.5) is 0 Å². The van der Waals surface area contributed by atoms with Crippen LogP contribution < -0.4 is 20.1 Å². The number of carboxylic acid groups (broad SMARTS) is 1. The molecule has 1 heterocycles. The molecule has 1 aliphatic carbocycles. The number of carbonyl (C=O) groups is 3. The van der Waals surface area contributed by atoms with Crippen LogP contribution in [0.3, 0.4) is 0 Å². The van der Waals surface area contributed by atoms with Crippen LogP contribution >= 0.6 is 11.6 Å². The first-order chi connectivity index (χ1) is 18.8. The highest BCUT2D eigenvalue weighted by molar-refractivity contribution is 6.30. The topological polar surface area (TPSA) is 132 Å². The minimum atomic E-state index is -1.16. The lowest BCUT2D eigenvalue weighted by Crippen LogP contribution is -2.52. The summed E-state index contributed by atoms with van der Waals surface area (Å²) in [5.74, 6) is -1.31. The van der Waals surface area contributed by atoms with Gasteiger partial charge in [0, 0.05) is 5.02 Å². The highest BCUT2D eigenvalue weighted by Gasteiger charge is 2.32. The van der Waals surface area contributed by atoms with Gasteiger partial charge in [0.05, 0.1) is 31.2 Å². The molecule has 1 aromatic heterocycles. The number of aromatic nitrogens is 2. The number of halogens is 1. The molecule has 2 aromatic carbocycles. The average molecular weight is 555 g/mol. The second-order valence-electron chi connectivity index (χ2n) is 9.30. The largest absolute Gasteiger partial charge is 0.496 e. The van der Waals surface area contributed by atoms with Gasteiger partial charge in [0.25, 0.3) is 5.91 Å². The molecule has 0 bridgehead atoms. The van der Waals surface area contributed by atoms with Crippen molar-refractivity contribution in [2.45, 2.75) is 38.1 Å². The van der Waals surface area contributed by atoms with Crippen LogP contribution in [0.15, 0.2) is 48.5 Å². The Morgan fingerprint density at radius 1 is 1.05 bits per heavy atom. The zero-order chi connectivity index (χ0) is 27.9. The molecule has 11 heteroatoms. The molecule has 1 atom stereocenters. The van der Waals surface area contributed by atoms with Crippen molar-refractivity contribution in [2.24, 2.45) is 5.92 Å². The summed E-state index contributed by atoms with van der Waals surface area (Å²) in [5.41, 5.74) is 1.83. The summed E-state index contributed by atoms with van der Waals surface area (Å²) in [6.45, 7) is -0.527. The Kier molecular flexibility index (Phi) is 9.08. The predicted octanol–water partition coefficient (Wildman–Crippen LogP) is 4.09. The number of amides is 2. The molecule has 0 saturated heterocycles. The minimum absolute atomic E-state index is 0.0692. The van der Waals surface area contributed by atoms with Crippen LogP contribution in [-0.4, -0.2) is 59.5 Å². The van der Waals surface area contributed by atoms with Crippen molar-refractivity contribution in [3.8, 4) is 28.4 Å². The lowest BCUT2D eigenvalue weighted by Gasteiger charge is -2.29. The smallest absolute Gasteiger partial charge is 0.322 e. The third-order valence-corrected chi connectivity index (χ3v) is 7.05. The first-order valence-corrected chi connectivity index (χ1v) is 13.1. The van der Waals surface area contributed by atoms with E-state index in [0.29, 0.717) is 33.5 Å². The maximum Gasteiger partial charge on any atom is 0.322 e. The van der Waals surface area contributed by atoms with E-state index in [-0.39, 0.29) is 11.6 Å². The molecule has 4 rings (SSSR count). The van der Waals surface area contributed by atoms with Crippen molar-refractivity contribution < 1.29 is 29.0 Å². The minimum Gasteiger partial charge on any atom is -0.496 e. The molecule has 206 valence electrons. The highest BCUT2D eigenvalue weighted by atomic mass is 35.5. The van der Waals surface area contributed by atoms with Crippen LogP contribution in [0.2, 0.25) is 5.02 Å². The summed E-state index contributed by atoms with van der Waals surface area (Å²) in [4.78, 5) is 37.6. The summed E-state index contributed by atoms with van der Waals surface area (Å²) < 4.78 is 12.8. The van der Waals surface area contributed by atoms with E-state index in [4.69, 9.17) is 26.2 Å². The van der Waals surface area contributed by atoms with E-state index in [2.05, 4.69) is 15.7 Å². The average Bonchev–Trinajstić information content (AvgIpc) is 3.40. The summed E-state index contributed by atoms with van der Waals surface area (Å²) in [6, 6.07) is 13.0. The lowest BCUT2D eigenvalue weighted by atomic mass is 9.83. The Balaban J connectivity index is 1.74. The second-order valence-corrected chi connectivity index (χ2v) is 9.74. The number of aliphatic carboxylic acids is 1. The monoisotopic (exact) mass is 554 g/mol. The summed E-state index contributed by atoms with van der Waals surface area (Å²) >= 11 is 6.10. The van der Waals surface area contributed by atoms with Crippen molar-refractivity contribution >= 4 is 29.4 Å². The van der Waals surface area contributed by atoms with Gasteiger partial charge in [-0.05, 0) is 61.2 Å². The Morgan fingerprint density at radius 3 is 2.28 bits per heavy atom. The summed E-state index contributed by atoms with van der Waals surface area (Å²) in [6.07, 6.45) is 4.45. The number of hydrogen-bond donors (Lipinski definition) is 3. The normalized spacial score (nSPS) is 14.3. The van der Waals surface area contributed by atoms with E-state index in [1.54, 1.807) is 67.4 Å². The molecule has 3 N–H and O–H groups in total. The molecule has 39 heavy (non-hydrogen) atoms. The Morgan fingerprint density at radius 2 is 1.69 bits per heavy atom. The van der Waals surface area contributed by atoms with E-state index in [9.17, 15) is 14.4 Å². The fraction of sp³-hybridized carbons (Fsp3) is 0.357. The number of carbonyl (C=O) groups excluding carboxylic acids is 2. The van der Waals surface area contributed by atoms with Crippen molar-refractivity contribution in [1.29, 1.82) is 0 Å². The SMILES string of the molecule is COc1cccc(OC)c1-c1cc(C(=O)NC(C(=O)NCC(=O)O)C2CCCCC2)nn1-c1ccc(Cl)cc1. The third kappa shape index (κ3) is 6.51. The van der Waals surface area contributed by atoms with Crippen molar-refractivity contribution in [1.82, 2.24) is 20.4 Å². The molecule has 1 saturated carbocycles. The van der Waals surface area contributed by atoms with Gasteiger partial charge in [-0.3, -0.25) is 14.4 Å². The number of nitrogens with zero attached hydrogens (tertiary/aromatic N) is 2. The molecule has 1 aliphatic rings. The number of ether oxygens (including phenoxy) is 2. The zero-order valence-electron chi connectivity index (χ0n) is 21.8.